The molecule has 0 saturated carbocycles. The highest BCUT2D eigenvalue weighted by Gasteiger charge is 2.30. The molecule has 0 spiro atoms. The molecule has 126 valence electrons. The maximum atomic E-state index is 12.2. The molecule has 25 heavy (non-hydrogen) atoms. The zero-order valence-corrected chi connectivity index (χ0v) is 15.3. The third kappa shape index (κ3) is 4.07. The number of hydrogen-bond acceptors (Lipinski definition) is 3. The minimum absolute atomic E-state index is 0.0501. The minimum atomic E-state index is -0.187. The lowest BCUT2D eigenvalue weighted by Crippen LogP contribution is -2.31. The molecule has 1 amide bonds. The highest BCUT2D eigenvalue weighted by Crippen LogP contribution is 2.37. The van der Waals surface area contributed by atoms with E-state index in [9.17, 15) is 10.1 Å². The summed E-state index contributed by atoms with van der Waals surface area (Å²) in [6.45, 7) is 2.01. The third-order valence-corrected chi connectivity index (χ3v) is 5.56. The molecule has 5 heteroatoms. The predicted molar refractivity (Wildman–Crippen MR) is 102 cm³/mol. The highest BCUT2D eigenvalue weighted by atomic mass is 35.5. The summed E-state index contributed by atoms with van der Waals surface area (Å²) < 4.78 is 0. The van der Waals surface area contributed by atoms with Crippen LogP contribution in [0.25, 0.3) is 0 Å². The Hall–Kier alpha value is -2.22. The van der Waals surface area contributed by atoms with Crippen LogP contribution >= 0.6 is 23.4 Å². The lowest BCUT2D eigenvalue weighted by molar-refractivity contribution is -0.120. The molecule has 3 rings (SSSR count). The minimum Gasteiger partial charge on any atom is -0.320 e. The van der Waals surface area contributed by atoms with Gasteiger partial charge in [-0.15, -0.1) is 11.8 Å². The van der Waals surface area contributed by atoms with Crippen molar-refractivity contribution in [1.29, 1.82) is 5.26 Å². The fourth-order valence-electron chi connectivity index (χ4n) is 2.91. The van der Waals surface area contributed by atoms with E-state index in [2.05, 4.69) is 11.4 Å². The van der Waals surface area contributed by atoms with E-state index in [4.69, 9.17) is 11.6 Å². The van der Waals surface area contributed by atoms with Crippen molar-refractivity contribution in [2.45, 2.75) is 25.0 Å². The van der Waals surface area contributed by atoms with Gasteiger partial charge in [0.25, 0.3) is 0 Å². The molecular formula is C20H17ClN2OS. The zero-order valence-electron chi connectivity index (χ0n) is 13.8. The summed E-state index contributed by atoms with van der Waals surface area (Å²) in [5.41, 5.74) is 3.86. The second kappa shape index (κ2) is 7.77. The second-order valence-electron chi connectivity index (χ2n) is 5.93. The Morgan fingerprint density at radius 3 is 2.64 bits per heavy atom. The van der Waals surface area contributed by atoms with Gasteiger partial charge in [-0.25, -0.2) is 0 Å². The van der Waals surface area contributed by atoms with Crippen LogP contribution in [-0.2, 0) is 10.5 Å². The first-order valence-corrected chi connectivity index (χ1v) is 9.31. The molecule has 1 unspecified atom stereocenters. The van der Waals surface area contributed by atoms with Crippen molar-refractivity contribution < 1.29 is 4.79 Å². The SMILES string of the molecule is Cc1ccccc1C1CC(=O)NC(SCc2ccc(Cl)cc2)=C1C#N. The van der Waals surface area contributed by atoms with Crippen LogP contribution < -0.4 is 5.32 Å². The van der Waals surface area contributed by atoms with Crippen molar-refractivity contribution in [2.24, 2.45) is 0 Å². The Kier molecular flexibility index (Phi) is 5.47. The summed E-state index contributed by atoms with van der Waals surface area (Å²) in [6, 6.07) is 17.8. The van der Waals surface area contributed by atoms with Crippen LogP contribution in [0, 0.1) is 18.3 Å². The lowest BCUT2D eigenvalue weighted by Gasteiger charge is -2.26. The maximum Gasteiger partial charge on any atom is 0.225 e. The van der Waals surface area contributed by atoms with E-state index in [1.54, 1.807) is 0 Å². The maximum absolute atomic E-state index is 12.2. The topological polar surface area (TPSA) is 52.9 Å². The van der Waals surface area contributed by atoms with Crippen molar-refractivity contribution in [1.82, 2.24) is 5.32 Å². The molecule has 1 heterocycles. The monoisotopic (exact) mass is 368 g/mol. The number of amides is 1. The van der Waals surface area contributed by atoms with Gasteiger partial charge < -0.3 is 5.32 Å². The van der Waals surface area contributed by atoms with Gasteiger partial charge in [0.1, 0.15) is 0 Å². The Balaban J connectivity index is 1.89. The summed E-state index contributed by atoms with van der Waals surface area (Å²) >= 11 is 7.39. The van der Waals surface area contributed by atoms with Crippen molar-refractivity contribution in [2.75, 3.05) is 0 Å². The third-order valence-electron chi connectivity index (χ3n) is 4.22. The molecule has 1 aliphatic heterocycles. The summed E-state index contributed by atoms with van der Waals surface area (Å²) in [4.78, 5) is 12.2. The number of allylic oxidation sites excluding steroid dienone is 1. The number of thioether (sulfide) groups is 1. The molecule has 1 atom stereocenters. The van der Waals surface area contributed by atoms with Crippen LogP contribution in [0.2, 0.25) is 5.02 Å². The number of benzene rings is 2. The lowest BCUT2D eigenvalue weighted by atomic mass is 9.85. The Labute approximate surface area is 156 Å². The van der Waals surface area contributed by atoms with Gasteiger partial charge in [0.2, 0.25) is 5.91 Å². The molecule has 0 radical (unpaired) electrons. The normalized spacial score (nSPS) is 17.2. The van der Waals surface area contributed by atoms with Crippen LogP contribution in [0.5, 0.6) is 0 Å². The van der Waals surface area contributed by atoms with Crippen LogP contribution in [0.4, 0.5) is 0 Å². The summed E-state index contributed by atoms with van der Waals surface area (Å²) in [7, 11) is 0. The fraction of sp³-hybridized carbons (Fsp3) is 0.200. The number of nitriles is 1. The quantitative estimate of drug-likeness (QED) is 0.833. The molecule has 1 N–H and O–H groups in total. The average Bonchev–Trinajstić information content (AvgIpc) is 2.61. The van der Waals surface area contributed by atoms with Crippen molar-refractivity contribution in [3.8, 4) is 6.07 Å². The van der Waals surface area contributed by atoms with Crippen molar-refractivity contribution in [3.63, 3.8) is 0 Å². The molecule has 2 aromatic carbocycles. The number of hydrogen-bond donors (Lipinski definition) is 1. The van der Waals surface area contributed by atoms with Gasteiger partial charge in [0, 0.05) is 23.1 Å². The van der Waals surface area contributed by atoms with Gasteiger partial charge in [0.05, 0.1) is 16.7 Å². The van der Waals surface area contributed by atoms with Gasteiger partial charge in [-0.1, -0.05) is 48.0 Å². The van der Waals surface area contributed by atoms with Crippen LogP contribution in [0.1, 0.15) is 29.0 Å². The number of nitrogens with zero attached hydrogens (tertiary/aromatic N) is 1. The standard InChI is InChI=1S/C20H17ClN2OS/c1-13-4-2-3-5-16(13)17-10-19(24)23-20(18(17)11-22)25-12-14-6-8-15(21)9-7-14/h2-9,17H,10,12H2,1H3,(H,23,24). The molecule has 2 aromatic rings. The average molecular weight is 369 g/mol. The largest absolute Gasteiger partial charge is 0.320 e. The van der Waals surface area contributed by atoms with Crippen LogP contribution in [0.3, 0.4) is 0 Å². The second-order valence-corrected chi connectivity index (χ2v) is 7.35. The molecule has 3 nitrogen and oxygen atoms in total. The number of rotatable bonds is 4. The number of halogens is 1. The number of nitrogens with one attached hydrogen (secondary N) is 1. The van der Waals surface area contributed by atoms with Gasteiger partial charge in [-0.2, -0.15) is 5.26 Å². The molecule has 0 fully saturated rings. The van der Waals surface area contributed by atoms with Gasteiger partial charge >= 0.3 is 0 Å². The van der Waals surface area contributed by atoms with E-state index in [-0.39, 0.29) is 11.8 Å². The Morgan fingerprint density at radius 1 is 1.24 bits per heavy atom. The molecule has 1 aliphatic rings. The van der Waals surface area contributed by atoms with Gasteiger partial charge in [0.15, 0.2) is 0 Å². The van der Waals surface area contributed by atoms with Gasteiger partial charge in [-0.3, -0.25) is 4.79 Å². The van der Waals surface area contributed by atoms with Crippen molar-refractivity contribution in [3.05, 3.63) is 80.8 Å². The molecular weight excluding hydrogens is 352 g/mol. The smallest absolute Gasteiger partial charge is 0.225 e. The van der Waals surface area contributed by atoms with E-state index >= 15 is 0 Å². The van der Waals surface area contributed by atoms with Crippen LogP contribution in [0.15, 0.2) is 59.1 Å². The Morgan fingerprint density at radius 2 is 1.96 bits per heavy atom. The highest BCUT2D eigenvalue weighted by molar-refractivity contribution is 8.02. The summed E-state index contributed by atoms with van der Waals surface area (Å²) in [6.07, 6.45) is 0.304. The molecule has 0 aliphatic carbocycles. The van der Waals surface area contributed by atoms with Crippen molar-refractivity contribution >= 4 is 29.3 Å². The molecule has 0 aromatic heterocycles. The van der Waals surface area contributed by atoms with E-state index in [0.29, 0.717) is 27.8 Å². The molecule has 0 bridgehead atoms. The zero-order chi connectivity index (χ0) is 17.8. The van der Waals surface area contributed by atoms with E-state index in [1.165, 1.54) is 11.8 Å². The predicted octanol–water partition coefficient (Wildman–Crippen LogP) is 4.92. The number of aryl methyl sites for hydroxylation is 1. The Bertz CT molecular complexity index is 868. The van der Waals surface area contributed by atoms with E-state index in [0.717, 1.165) is 16.7 Å². The number of carbonyl (C=O) groups is 1. The summed E-state index contributed by atoms with van der Waals surface area (Å²) in [5.74, 6) is 0.428. The first-order valence-electron chi connectivity index (χ1n) is 7.95. The summed E-state index contributed by atoms with van der Waals surface area (Å²) in [5, 5.41) is 13.9. The fourth-order valence-corrected chi connectivity index (χ4v) is 4.07. The first-order chi connectivity index (χ1) is 12.1. The van der Waals surface area contributed by atoms with Crippen LogP contribution in [-0.4, -0.2) is 5.91 Å². The van der Waals surface area contributed by atoms with E-state index < -0.39 is 0 Å². The number of carbonyl (C=O) groups excluding carboxylic acids is 1. The van der Waals surface area contributed by atoms with E-state index in [1.807, 2.05) is 55.5 Å². The first kappa shape index (κ1) is 17.6. The van der Waals surface area contributed by atoms with Gasteiger partial charge in [-0.05, 0) is 35.7 Å². The molecule has 0 saturated heterocycles.